The summed E-state index contributed by atoms with van der Waals surface area (Å²) in [5, 5.41) is 3.29. The second-order valence-corrected chi connectivity index (χ2v) is 4.79. The zero-order valence-electron chi connectivity index (χ0n) is 10.5. The number of hydrogen-bond donors (Lipinski definition) is 1. The Labute approximate surface area is 102 Å². The van der Waals surface area contributed by atoms with E-state index < -0.39 is 0 Å². The van der Waals surface area contributed by atoms with E-state index in [4.69, 9.17) is 4.74 Å². The molecule has 1 aromatic carbocycles. The fourth-order valence-corrected chi connectivity index (χ4v) is 2.35. The summed E-state index contributed by atoms with van der Waals surface area (Å²) in [4.78, 5) is 0. The highest BCUT2D eigenvalue weighted by atomic mass is 19.1. The molecular weight excluding hydrogens is 217 g/mol. The van der Waals surface area contributed by atoms with Gasteiger partial charge < -0.3 is 10.1 Å². The van der Waals surface area contributed by atoms with Crippen molar-refractivity contribution >= 4 is 0 Å². The summed E-state index contributed by atoms with van der Waals surface area (Å²) >= 11 is 0. The summed E-state index contributed by atoms with van der Waals surface area (Å²) < 4.78 is 19.0. The number of aryl methyl sites for hydroxylation is 1. The number of hydrogen-bond acceptors (Lipinski definition) is 2. The predicted molar refractivity (Wildman–Crippen MR) is 66.9 cm³/mol. The second kappa shape index (κ2) is 5.50. The minimum Gasteiger partial charge on any atom is -0.490 e. The van der Waals surface area contributed by atoms with Gasteiger partial charge in [0.2, 0.25) is 0 Å². The first kappa shape index (κ1) is 12.4. The molecule has 1 aromatic rings. The quantitative estimate of drug-likeness (QED) is 0.872. The molecule has 1 aliphatic carbocycles. The van der Waals surface area contributed by atoms with Crippen LogP contribution in [0.15, 0.2) is 18.2 Å². The Bertz CT molecular complexity index is 372. The van der Waals surface area contributed by atoms with Crippen molar-refractivity contribution in [2.24, 2.45) is 0 Å². The summed E-state index contributed by atoms with van der Waals surface area (Å²) in [5.74, 6) is 0.465. The van der Waals surface area contributed by atoms with Crippen LogP contribution < -0.4 is 10.1 Å². The van der Waals surface area contributed by atoms with Gasteiger partial charge >= 0.3 is 0 Å². The highest BCUT2D eigenvalue weighted by Crippen LogP contribution is 2.26. The van der Waals surface area contributed by atoms with E-state index in [9.17, 15) is 4.39 Å². The molecule has 0 amide bonds. The zero-order valence-corrected chi connectivity index (χ0v) is 10.5. The number of benzene rings is 1. The van der Waals surface area contributed by atoms with E-state index >= 15 is 0 Å². The molecule has 0 aliphatic heterocycles. The van der Waals surface area contributed by atoms with Gasteiger partial charge in [-0.2, -0.15) is 0 Å². The standard InChI is InChI=1S/C14H20FNO/c1-10-3-4-11(15)9-14(10)17-13-7-5-12(16-2)6-8-13/h3-4,9,12-13,16H,5-8H2,1-2H3. The van der Waals surface area contributed by atoms with Crippen LogP contribution in [0, 0.1) is 12.7 Å². The largest absolute Gasteiger partial charge is 0.490 e. The molecule has 0 atom stereocenters. The van der Waals surface area contributed by atoms with Gasteiger partial charge in [0.15, 0.2) is 0 Å². The maximum Gasteiger partial charge on any atom is 0.126 e. The van der Waals surface area contributed by atoms with Crippen molar-refractivity contribution in [3.05, 3.63) is 29.6 Å². The number of halogens is 1. The first-order chi connectivity index (χ1) is 8.19. The van der Waals surface area contributed by atoms with Crippen LogP contribution in [0.25, 0.3) is 0 Å². The highest BCUT2D eigenvalue weighted by Gasteiger charge is 2.21. The molecule has 1 N–H and O–H groups in total. The average Bonchev–Trinajstić information content (AvgIpc) is 2.35. The number of nitrogens with one attached hydrogen (secondary N) is 1. The third-order valence-corrected chi connectivity index (χ3v) is 3.53. The van der Waals surface area contributed by atoms with E-state index in [-0.39, 0.29) is 11.9 Å². The zero-order chi connectivity index (χ0) is 12.3. The fourth-order valence-electron chi connectivity index (χ4n) is 2.35. The SMILES string of the molecule is CNC1CCC(Oc2cc(F)ccc2C)CC1. The van der Waals surface area contributed by atoms with Crippen LogP contribution in [0.3, 0.4) is 0 Å². The lowest BCUT2D eigenvalue weighted by Crippen LogP contribution is -2.34. The van der Waals surface area contributed by atoms with Crippen molar-refractivity contribution in [2.45, 2.75) is 44.8 Å². The van der Waals surface area contributed by atoms with Gasteiger partial charge in [-0.05, 0) is 51.3 Å². The van der Waals surface area contributed by atoms with Crippen LogP contribution in [0.2, 0.25) is 0 Å². The minimum atomic E-state index is -0.227. The van der Waals surface area contributed by atoms with Crippen LogP contribution in [0.5, 0.6) is 5.75 Å². The van der Waals surface area contributed by atoms with E-state index in [0.29, 0.717) is 11.8 Å². The Hall–Kier alpha value is -1.09. The first-order valence-corrected chi connectivity index (χ1v) is 6.29. The summed E-state index contributed by atoms with van der Waals surface area (Å²) in [6.45, 7) is 1.95. The Morgan fingerprint density at radius 3 is 2.59 bits per heavy atom. The molecule has 1 aliphatic rings. The van der Waals surface area contributed by atoms with Crippen LogP contribution in [0.1, 0.15) is 31.2 Å². The van der Waals surface area contributed by atoms with Crippen molar-refractivity contribution in [3.8, 4) is 5.75 Å². The molecule has 1 fully saturated rings. The summed E-state index contributed by atoms with van der Waals surface area (Å²) in [6, 6.07) is 5.34. The number of ether oxygens (including phenoxy) is 1. The molecule has 2 rings (SSSR count). The average molecular weight is 237 g/mol. The van der Waals surface area contributed by atoms with E-state index in [1.165, 1.54) is 12.1 Å². The highest BCUT2D eigenvalue weighted by molar-refractivity contribution is 5.32. The second-order valence-electron chi connectivity index (χ2n) is 4.79. The lowest BCUT2D eigenvalue weighted by atomic mass is 9.93. The normalized spacial score (nSPS) is 24.6. The Balaban J connectivity index is 1.95. The van der Waals surface area contributed by atoms with Crippen LogP contribution in [-0.4, -0.2) is 19.2 Å². The Morgan fingerprint density at radius 1 is 1.24 bits per heavy atom. The smallest absolute Gasteiger partial charge is 0.126 e. The maximum absolute atomic E-state index is 13.1. The molecule has 0 heterocycles. The van der Waals surface area contributed by atoms with Gasteiger partial charge in [0.25, 0.3) is 0 Å². The lowest BCUT2D eigenvalue weighted by Gasteiger charge is -2.29. The van der Waals surface area contributed by atoms with Crippen molar-refractivity contribution in [3.63, 3.8) is 0 Å². The van der Waals surface area contributed by atoms with E-state index in [1.807, 2.05) is 14.0 Å². The van der Waals surface area contributed by atoms with Crippen LogP contribution in [0.4, 0.5) is 4.39 Å². The summed E-state index contributed by atoms with van der Waals surface area (Å²) in [7, 11) is 2.00. The van der Waals surface area contributed by atoms with Crippen molar-refractivity contribution in [2.75, 3.05) is 7.05 Å². The third-order valence-electron chi connectivity index (χ3n) is 3.53. The maximum atomic E-state index is 13.1. The topological polar surface area (TPSA) is 21.3 Å². The molecule has 94 valence electrons. The molecule has 17 heavy (non-hydrogen) atoms. The Morgan fingerprint density at radius 2 is 1.94 bits per heavy atom. The summed E-state index contributed by atoms with van der Waals surface area (Å²) in [6.07, 6.45) is 4.59. The Kier molecular flexibility index (Phi) is 4.00. The van der Waals surface area contributed by atoms with E-state index in [1.54, 1.807) is 6.07 Å². The van der Waals surface area contributed by atoms with Crippen molar-refractivity contribution in [1.82, 2.24) is 5.32 Å². The third kappa shape index (κ3) is 3.19. The molecule has 2 nitrogen and oxygen atoms in total. The van der Waals surface area contributed by atoms with E-state index in [0.717, 1.165) is 31.2 Å². The monoisotopic (exact) mass is 237 g/mol. The van der Waals surface area contributed by atoms with Gasteiger partial charge in [-0.15, -0.1) is 0 Å². The molecule has 3 heteroatoms. The first-order valence-electron chi connectivity index (χ1n) is 6.29. The molecule has 0 saturated heterocycles. The fraction of sp³-hybridized carbons (Fsp3) is 0.571. The van der Waals surface area contributed by atoms with Gasteiger partial charge in [0, 0.05) is 12.1 Å². The summed E-state index contributed by atoms with van der Waals surface area (Å²) in [5.41, 5.74) is 1.00. The van der Waals surface area contributed by atoms with Crippen LogP contribution in [-0.2, 0) is 0 Å². The van der Waals surface area contributed by atoms with Crippen molar-refractivity contribution in [1.29, 1.82) is 0 Å². The van der Waals surface area contributed by atoms with Gasteiger partial charge in [-0.1, -0.05) is 6.07 Å². The van der Waals surface area contributed by atoms with Gasteiger partial charge in [-0.3, -0.25) is 0 Å². The molecular formula is C14H20FNO. The van der Waals surface area contributed by atoms with Gasteiger partial charge in [-0.25, -0.2) is 4.39 Å². The van der Waals surface area contributed by atoms with Crippen molar-refractivity contribution < 1.29 is 9.13 Å². The molecule has 0 spiro atoms. The number of rotatable bonds is 3. The van der Waals surface area contributed by atoms with Gasteiger partial charge in [0.05, 0.1) is 6.10 Å². The van der Waals surface area contributed by atoms with Crippen LogP contribution >= 0.6 is 0 Å². The minimum absolute atomic E-state index is 0.227. The molecule has 0 bridgehead atoms. The predicted octanol–water partition coefficient (Wildman–Crippen LogP) is 3.04. The lowest BCUT2D eigenvalue weighted by molar-refractivity contribution is 0.140. The molecule has 0 unspecified atom stereocenters. The molecule has 0 radical (unpaired) electrons. The molecule has 1 saturated carbocycles. The van der Waals surface area contributed by atoms with Gasteiger partial charge in [0.1, 0.15) is 11.6 Å². The van der Waals surface area contributed by atoms with E-state index in [2.05, 4.69) is 5.32 Å². The molecule has 0 aromatic heterocycles.